The molecule has 23 heavy (non-hydrogen) atoms. The van der Waals surface area contributed by atoms with Crippen LogP contribution >= 0.6 is 23.4 Å². The highest BCUT2D eigenvalue weighted by Gasteiger charge is 2.38. The number of hydrogen-bond acceptors (Lipinski definition) is 5. The molecule has 1 heterocycles. The Kier molecular flexibility index (Phi) is 5.05. The van der Waals surface area contributed by atoms with Gasteiger partial charge >= 0.3 is 6.18 Å². The third-order valence-electron chi connectivity index (χ3n) is 2.66. The van der Waals surface area contributed by atoms with Crippen molar-refractivity contribution in [3.63, 3.8) is 0 Å². The largest absolute Gasteiger partial charge is 0.453 e. The molecule has 11 heteroatoms. The fourth-order valence-corrected chi connectivity index (χ4v) is 2.53. The number of nitrogens with one attached hydrogen (secondary N) is 1. The summed E-state index contributed by atoms with van der Waals surface area (Å²) in [6, 6.07) is 6.48. The molecular weight excluding hydrogens is 355 g/mol. The Morgan fingerprint density at radius 3 is 2.70 bits per heavy atom. The molecule has 2 rings (SSSR count). The monoisotopic (exact) mass is 365 g/mol. The van der Waals surface area contributed by atoms with Crippen molar-refractivity contribution in [2.45, 2.75) is 23.5 Å². The standard InChI is InChI=1S/C12H11ClF3N5OS/c1-6(9(22)18-8-4-2-3-7(13)5-8)23-11-20-19-10(21(11)17)12(14,15)16/h2-6H,17H2,1H3,(H,18,22). The van der Waals surface area contributed by atoms with Crippen molar-refractivity contribution in [2.24, 2.45) is 0 Å². The third kappa shape index (κ3) is 4.29. The summed E-state index contributed by atoms with van der Waals surface area (Å²) in [5.41, 5.74) is 0.472. The van der Waals surface area contributed by atoms with Gasteiger partial charge in [-0.2, -0.15) is 13.2 Å². The molecule has 0 radical (unpaired) electrons. The van der Waals surface area contributed by atoms with Crippen LogP contribution in [0.1, 0.15) is 12.7 Å². The molecule has 1 atom stereocenters. The molecule has 0 aliphatic heterocycles. The number of nitrogens with two attached hydrogens (primary N) is 1. The van der Waals surface area contributed by atoms with Crippen LogP contribution in [0, 0.1) is 0 Å². The van der Waals surface area contributed by atoms with E-state index in [0.29, 0.717) is 15.4 Å². The number of thioether (sulfide) groups is 1. The number of carbonyl (C=O) groups excluding carboxylic acids is 1. The minimum Gasteiger partial charge on any atom is -0.335 e. The third-order valence-corrected chi connectivity index (χ3v) is 3.95. The Bertz CT molecular complexity index is 721. The molecule has 3 N–H and O–H groups in total. The molecule has 0 spiro atoms. The van der Waals surface area contributed by atoms with Crippen molar-refractivity contribution < 1.29 is 18.0 Å². The Morgan fingerprint density at radius 1 is 1.43 bits per heavy atom. The van der Waals surface area contributed by atoms with Gasteiger partial charge in [-0.15, -0.1) is 10.2 Å². The van der Waals surface area contributed by atoms with Gasteiger partial charge in [0.05, 0.1) is 5.25 Å². The maximum atomic E-state index is 12.6. The summed E-state index contributed by atoms with van der Waals surface area (Å²) >= 11 is 6.56. The number of nitrogen functional groups attached to an aromatic ring is 1. The lowest BCUT2D eigenvalue weighted by Crippen LogP contribution is -2.25. The molecule has 1 aromatic carbocycles. The van der Waals surface area contributed by atoms with Crippen LogP contribution in [0.3, 0.4) is 0 Å². The summed E-state index contributed by atoms with van der Waals surface area (Å²) in [6.45, 7) is 1.51. The van der Waals surface area contributed by atoms with Crippen LogP contribution < -0.4 is 11.2 Å². The normalized spacial score (nSPS) is 12.9. The number of nitrogens with zero attached hydrogens (tertiary/aromatic N) is 3. The van der Waals surface area contributed by atoms with E-state index in [0.717, 1.165) is 11.8 Å². The maximum absolute atomic E-state index is 12.6. The summed E-state index contributed by atoms with van der Waals surface area (Å²) < 4.78 is 38.1. The summed E-state index contributed by atoms with van der Waals surface area (Å²) in [5.74, 6) is 3.54. The molecule has 124 valence electrons. The maximum Gasteiger partial charge on any atom is 0.453 e. The van der Waals surface area contributed by atoms with E-state index in [1.54, 1.807) is 24.3 Å². The summed E-state index contributed by atoms with van der Waals surface area (Å²) in [4.78, 5) is 12.0. The predicted molar refractivity (Wildman–Crippen MR) is 80.6 cm³/mol. The molecule has 2 aromatic rings. The summed E-state index contributed by atoms with van der Waals surface area (Å²) in [7, 11) is 0. The van der Waals surface area contributed by atoms with Crippen molar-refractivity contribution in [2.75, 3.05) is 11.2 Å². The van der Waals surface area contributed by atoms with Gasteiger partial charge in [-0.3, -0.25) is 4.79 Å². The van der Waals surface area contributed by atoms with Gasteiger partial charge in [-0.05, 0) is 25.1 Å². The number of aromatic nitrogens is 3. The van der Waals surface area contributed by atoms with Crippen molar-refractivity contribution in [1.82, 2.24) is 14.9 Å². The Labute approximate surface area is 138 Å². The number of hydrogen-bond donors (Lipinski definition) is 2. The van der Waals surface area contributed by atoms with Gasteiger partial charge in [0.15, 0.2) is 0 Å². The lowest BCUT2D eigenvalue weighted by Gasteiger charge is -2.12. The first-order chi connectivity index (χ1) is 10.7. The van der Waals surface area contributed by atoms with E-state index in [2.05, 4.69) is 15.5 Å². The zero-order chi connectivity index (χ0) is 17.2. The van der Waals surface area contributed by atoms with Gasteiger partial charge < -0.3 is 11.2 Å². The fourth-order valence-electron chi connectivity index (χ4n) is 1.57. The average Bonchev–Trinajstić information content (AvgIpc) is 2.80. The number of carbonyl (C=O) groups is 1. The second-order valence-corrected chi connectivity index (χ2v) is 6.18. The van der Waals surface area contributed by atoms with Crippen LogP contribution in [0.15, 0.2) is 29.4 Å². The molecule has 0 aliphatic carbocycles. The van der Waals surface area contributed by atoms with E-state index in [9.17, 15) is 18.0 Å². The van der Waals surface area contributed by atoms with Gasteiger partial charge in [0.1, 0.15) is 0 Å². The molecular formula is C12H11ClF3N5OS. The van der Waals surface area contributed by atoms with E-state index in [4.69, 9.17) is 17.4 Å². The molecule has 0 fully saturated rings. The Morgan fingerprint density at radius 2 is 2.13 bits per heavy atom. The number of anilines is 1. The quantitative estimate of drug-likeness (QED) is 0.642. The second kappa shape index (κ2) is 6.67. The smallest absolute Gasteiger partial charge is 0.335 e. The predicted octanol–water partition coefficient (Wildman–Crippen LogP) is 2.78. The van der Waals surface area contributed by atoms with Crippen LogP contribution in [-0.2, 0) is 11.0 Å². The zero-order valence-corrected chi connectivity index (χ0v) is 13.2. The highest BCUT2D eigenvalue weighted by Crippen LogP contribution is 2.30. The summed E-state index contributed by atoms with van der Waals surface area (Å²) in [5, 5.41) is 8.42. The molecule has 0 saturated carbocycles. The first kappa shape index (κ1) is 17.4. The highest BCUT2D eigenvalue weighted by molar-refractivity contribution is 8.00. The number of halogens is 4. The van der Waals surface area contributed by atoms with Crippen LogP contribution in [0.2, 0.25) is 5.02 Å². The van der Waals surface area contributed by atoms with Crippen LogP contribution in [0.4, 0.5) is 18.9 Å². The van der Waals surface area contributed by atoms with Crippen LogP contribution in [0.25, 0.3) is 0 Å². The molecule has 1 unspecified atom stereocenters. The van der Waals surface area contributed by atoms with E-state index in [-0.39, 0.29) is 5.16 Å². The van der Waals surface area contributed by atoms with Gasteiger partial charge in [-0.25, -0.2) is 4.68 Å². The van der Waals surface area contributed by atoms with E-state index < -0.39 is 23.2 Å². The van der Waals surface area contributed by atoms with Crippen molar-refractivity contribution >= 4 is 35.0 Å². The first-order valence-electron chi connectivity index (χ1n) is 6.19. The van der Waals surface area contributed by atoms with Gasteiger partial charge in [0.2, 0.25) is 11.1 Å². The lowest BCUT2D eigenvalue weighted by molar-refractivity contribution is -0.146. The van der Waals surface area contributed by atoms with Crippen LogP contribution in [0.5, 0.6) is 0 Å². The average molecular weight is 366 g/mol. The number of alkyl halides is 3. The lowest BCUT2D eigenvalue weighted by atomic mass is 10.3. The minimum atomic E-state index is -4.72. The van der Waals surface area contributed by atoms with E-state index >= 15 is 0 Å². The van der Waals surface area contributed by atoms with Crippen molar-refractivity contribution in [1.29, 1.82) is 0 Å². The fraction of sp³-hybridized carbons (Fsp3) is 0.250. The molecule has 1 aromatic heterocycles. The van der Waals surface area contributed by atoms with Gasteiger partial charge in [-0.1, -0.05) is 29.4 Å². The minimum absolute atomic E-state index is 0.217. The first-order valence-corrected chi connectivity index (χ1v) is 7.45. The van der Waals surface area contributed by atoms with E-state index in [1.165, 1.54) is 6.92 Å². The topological polar surface area (TPSA) is 85.8 Å². The molecule has 0 aliphatic rings. The molecule has 0 saturated heterocycles. The zero-order valence-electron chi connectivity index (χ0n) is 11.6. The Hall–Kier alpha value is -1.94. The highest BCUT2D eigenvalue weighted by atomic mass is 35.5. The number of benzene rings is 1. The van der Waals surface area contributed by atoms with Gasteiger partial charge in [0.25, 0.3) is 5.82 Å². The van der Waals surface area contributed by atoms with Crippen LogP contribution in [-0.4, -0.2) is 26.0 Å². The van der Waals surface area contributed by atoms with Crippen molar-refractivity contribution in [3.05, 3.63) is 35.1 Å². The second-order valence-electron chi connectivity index (χ2n) is 4.43. The van der Waals surface area contributed by atoms with Crippen molar-refractivity contribution in [3.8, 4) is 0 Å². The number of rotatable bonds is 4. The summed E-state index contributed by atoms with van der Waals surface area (Å²) in [6.07, 6.45) is -4.72. The molecule has 6 nitrogen and oxygen atoms in total. The number of amides is 1. The molecule has 1 amide bonds. The SMILES string of the molecule is CC(Sc1nnc(C(F)(F)F)n1N)C(=O)Nc1cccc(Cl)c1. The van der Waals surface area contributed by atoms with Gasteiger partial charge in [0, 0.05) is 10.7 Å². The molecule has 0 bridgehead atoms. The van der Waals surface area contributed by atoms with E-state index in [1.807, 2.05) is 0 Å². The Balaban J connectivity index is 2.06.